The van der Waals surface area contributed by atoms with E-state index in [-0.39, 0.29) is 11.4 Å². The molecule has 104 valence electrons. The van der Waals surface area contributed by atoms with Crippen molar-refractivity contribution >= 4 is 11.7 Å². The van der Waals surface area contributed by atoms with E-state index < -0.39 is 0 Å². The van der Waals surface area contributed by atoms with Gasteiger partial charge in [0.15, 0.2) is 0 Å². The Balaban J connectivity index is 2.13. The number of aryl methyl sites for hydroxylation is 1. The summed E-state index contributed by atoms with van der Waals surface area (Å²) in [5.74, 6) is 1.37. The third kappa shape index (κ3) is 3.46. The number of carbonyl (C=O) groups is 1. The molecule has 2 N–H and O–H groups in total. The molecule has 4 nitrogen and oxygen atoms in total. The first-order valence-corrected chi connectivity index (χ1v) is 6.97. The highest BCUT2D eigenvalue weighted by molar-refractivity contribution is 5.95. The standard InChI is InChI=1S/C15H23N3O/c1-5-16-13-9-11(8-10(2)17-13)14(19)18-15(3,4)12-6-7-12/h8-9,12H,5-7H2,1-4H3,(H,16,17)(H,18,19). The zero-order valence-corrected chi connectivity index (χ0v) is 12.2. The molecule has 1 aliphatic carbocycles. The number of rotatable bonds is 5. The van der Waals surface area contributed by atoms with Gasteiger partial charge in [-0.1, -0.05) is 0 Å². The van der Waals surface area contributed by atoms with Crippen molar-refractivity contribution in [3.05, 3.63) is 23.4 Å². The molecule has 0 bridgehead atoms. The molecule has 0 unspecified atom stereocenters. The van der Waals surface area contributed by atoms with Crippen molar-refractivity contribution < 1.29 is 4.79 Å². The van der Waals surface area contributed by atoms with Gasteiger partial charge in [0.25, 0.3) is 5.91 Å². The molecule has 1 aromatic heterocycles. The molecule has 1 aliphatic rings. The fourth-order valence-electron chi connectivity index (χ4n) is 2.34. The fraction of sp³-hybridized carbons (Fsp3) is 0.600. The lowest BCUT2D eigenvalue weighted by atomic mass is 9.98. The van der Waals surface area contributed by atoms with Crippen molar-refractivity contribution in [2.45, 2.75) is 46.1 Å². The Bertz CT molecular complexity index is 478. The number of nitrogens with one attached hydrogen (secondary N) is 2. The minimum atomic E-state index is -0.118. The van der Waals surface area contributed by atoms with Crippen LogP contribution < -0.4 is 10.6 Å². The predicted molar refractivity (Wildman–Crippen MR) is 77.4 cm³/mol. The maximum Gasteiger partial charge on any atom is 0.251 e. The summed E-state index contributed by atoms with van der Waals surface area (Å²) in [6.07, 6.45) is 2.43. The van der Waals surface area contributed by atoms with E-state index >= 15 is 0 Å². The Morgan fingerprint density at radius 1 is 1.42 bits per heavy atom. The van der Waals surface area contributed by atoms with Gasteiger partial charge in [-0.15, -0.1) is 0 Å². The molecule has 0 aliphatic heterocycles. The Morgan fingerprint density at radius 2 is 2.11 bits per heavy atom. The largest absolute Gasteiger partial charge is 0.370 e. The quantitative estimate of drug-likeness (QED) is 0.857. The summed E-state index contributed by atoms with van der Waals surface area (Å²) in [7, 11) is 0. The summed E-state index contributed by atoms with van der Waals surface area (Å²) >= 11 is 0. The second-order valence-corrected chi connectivity index (χ2v) is 5.86. The summed E-state index contributed by atoms with van der Waals surface area (Å²) < 4.78 is 0. The van der Waals surface area contributed by atoms with Gasteiger partial charge in [-0.25, -0.2) is 4.98 Å². The summed E-state index contributed by atoms with van der Waals surface area (Å²) in [6.45, 7) is 8.92. The van der Waals surface area contributed by atoms with Gasteiger partial charge in [0.05, 0.1) is 0 Å². The Hall–Kier alpha value is -1.58. The van der Waals surface area contributed by atoms with Crippen LogP contribution in [-0.2, 0) is 0 Å². The maximum absolute atomic E-state index is 12.3. The molecule has 1 saturated carbocycles. The number of nitrogens with zero attached hydrogens (tertiary/aromatic N) is 1. The number of carbonyl (C=O) groups excluding carboxylic acids is 1. The number of anilines is 1. The maximum atomic E-state index is 12.3. The SMILES string of the molecule is CCNc1cc(C(=O)NC(C)(C)C2CC2)cc(C)n1. The molecule has 4 heteroatoms. The number of pyridine rings is 1. The number of hydrogen-bond acceptors (Lipinski definition) is 3. The van der Waals surface area contributed by atoms with E-state index in [1.54, 1.807) is 0 Å². The molecule has 0 radical (unpaired) electrons. The Kier molecular flexibility index (Phi) is 3.78. The minimum Gasteiger partial charge on any atom is -0.370 e. The van der Waals surface area contributed by atoms with Crippen molar-refractivity contribution in [3.63, 3.8) is 0 Å². The van der Waals surface area contributed by atoms with Crippen molar-refractivity contribution in [2.24, 2.45) is 5.92 Å². The van der Waals surface area contributed by atoms with Crippen LogP contribution in [0.2, 0.25) is 0 Å². The molecular formula is C15H23N3O. The summed E-state index contributed by atoms with van der Waals surface area (Å²) in [6, 6.07) is 3.65. The van der Waals surface area contributed by atoms with Gasteiger partial charge in [0.1, 0.15) is 5.82 Å². The zero-order valence-electron chi connectivity index (χ0n) is 12.2. The van der Waals surface area contributed by atoms with E-state index in [4.69, 9.17) is 0 Å². The van der Waals surface area contributed by atoms with Crippen LogP contribution in [0.1, 0.15) is 49.7 Å². The second-order valence-electron chi connectivity index (χ2n) is 5.86. The monoisotopic (exact) mass is 261 g/mol. The van der Waals surface area contributed by atoms with Gasteiger partial charge in [-0.05, 0) is 58.6 Å². The minimum absolute atomic E-state index is 0.0125. The van der Waals surface area contributed by atoms with Crippen molar-refractivity contribution in [3.8, 4) is 0 Å². The van der Waals surface area contributed by atoms with Crippen LogP contribution in [0, 0.1) is 12.8 Å². The second kappa shape index (κ2) is 5.19. The molecular weight excluding hydrogens is 238 g/mol. The van der Waals surface area contributed by atoms with Crippen LogP contribution in [0.25, 0.3) is 0 Å². The number of hydrogen-bond donors (Lipinski definition) is 2. The van der Waals surface area contributed by atoms with Gasteiger partial charge in [0, 0.05) is 23.3 Å². The first-order chi connectivity index (χ1) is 8.92. The van der Waals surface area contributed by atoms with Crippen molar-refractivity contribution in [1.82, 2.24) is 10.3 Å². The fourth-order valence-corrected chi connectivity index (χ4v) is 2.34. The molecule has 1 aromatic rings. The lowest BCUT2D eigenvalue weighted by Gasteiger charge is -2.26. The molecule has 2 rings (SSSR count). The highest BCUT2D eigenvalue weighted by Crippen LogP contribution is 2.39. The van der Waals surface area contributed by atoms with E-state index in [0.717, 1.165) is 18.1 Å². The molecule has 1 fully saturated rings. The highest BCUT2D eigenvalue weighted by Gasteiger charge is 2.38. The van der Waals surface area contributed by atoms with Crippen LogP contribution in [0.15, 0.2) is 12.1 Å². The summed E-state index contributed by atoms with van der Waals surface area (Å²) in [5, 5.41) is 6.29. The van der Waals surface area contributed by atoms with Crippen molar-refractivity contribution in [1.29, 1.82) is 0 Å². The smallest absolute Gasteiger partial charge is 0.251 e. The van der Waals surface area contributed by atoms with Crippen molar-refractivity contribution in [2.75, 3.05) is 11.9 Å². The molecule has 19 heavy (non-hydrogen) atoms. The van der Waals surface area contributed by atoms with E-state index in [2.05, 4.69) is 29.5 Å². The van der Waals surface area contributed by atoms with Crippen LogP contribution in [0.5, 0.6) is 0 Å². The van der Waals surface area contributed by atoms with Crippen LogP contribution in [-0.4, -0.2) is 23.0 Å². The van der Waals surface area contributed by atoms with Gasteiger partial charge >= 0.3 is 0 Å². The summed E-state index contributed by atoms with van der Waals surface area (Å²) in [4.78, 5) is 16.7. The molecule has 0 atom stereocenters. The Morgan fingerprint density at radius 3 is 2.68 bits per heavy atom. The average molecular weight is 261 g/mol. The Labute approximate surface area is 115 Å². The van der Waals surface area contributed by atoms with Gasteiger partial charge in [0.2, 0.25) is 0 Å². The molecule has 0 aromatic carbocycles. The van der Waals surface area contributed by atoms with Crippen LogP contribution in [0.4, 0.5) is 5.82 Å². The van der Waals surface area contributed by atoms with E-state index in [9.17, 15) is 4.79 Å². The molecule has 1 amide bonds. The molecule has 1 heterocycles. The lowest BCUT2D eigenvalue weighted by Crippen LogP contribution is -2.45. The third-order valence-corrected chi connectivity index (χ3v) is 3.61. The topological polar surface area (TPSA) is 54.0 Å². The number of aromatic nitrogens is 1. The zero-order chi connectivity index (χ0) is 14.0. The summed E-state index contributed by atoms with van der Waals surface area (Å²) in [5.41, 5.74) is 1.41. The van der Waals surface area contributed by atoms with E-state index in [0.29, 0.717) is 11.5 Å². The van der Waals surface area contributed by atoms with Gasteiger partial charge in [-0.2, -0.15) is 0 Å². The van der Waals surface area contributed by atoms with E-state index in [1.165, 1.54) is 12.8 Å². The first-order valence-electron chi connectivity index (χ1n) is 6.97. The lowest BCUT2D eigenvalue weighted by molar-refractivity contribution is 0.0903. The average Bonchev–Trinajstić information content (AvgIpc) is 3.11. The first kappa shape index (κ1) is 13.8. The van der Waals surface area contributed by atoms with E-state index in [1.807, 2.05) is 26.0 Å². The van der Waals surface area contributed by atoms with Gasteiger partial charge < -0.3 is 10.6 Å². The van der Waals surface area contributed by atoms with Gasteiger partial charge in [-0.3, -0.25) is 4.79 Å². The number of amides is 1. The third-order valence-electron chi connectivity index (χ3n) is 3.61. The highest BCUT2D eigenvalue weighted by atomic mass is 16.1. The predicted octanol–water partition coefficient (Wildman–Crippen LogP) is 2.74. The van der Waals surface area contributed by atoms with Crippen LogP contribution in [0.3, 0.4) is 0 Å². The molecule has 0 saturated heterocycles. The van der Waals surface area contributed by atoms with Crippen LogP contribution >= 0.6 is 0 Å². The molecule has 0 spiro atoms. The normalized spacial score (nSPS) is 15.2.